The maximum atomic E-state index is 12.7. The van der Waals surface area contributed by atoms with Gasteiger partial charge >= 0.3 is 5.97 Å². The van der Waals surface area contributed by atoms with Gasteiger partial charge in [0.2, 0.25) is 5.91 Å². The lowest BCUT2D eigenvalue weighted by Crippen LogP contribution is -2.27. The van der Waals surface area contributed by atoms with Crippen molar-refractivity contribution in [3.8, 4) is 0 Å². The summed E-state index contributed by atoms with van der Waals surface area (Å²) in [7, 11) is 0. The van der Waals surface area contributed by atoms with Crippen LogP contribution in [0.1, 0.15) is 59.2 Å². The average molecular weight is 352 g/mol. The number of anilines is 1. The first kappa shape index (κ1) is 18.4. The molecular formula is C17H24N2O4S. The van der Waals surface area contributed by atoms with Gasteiger partial charge in [-0.2, -0.15) is 0 Å². The Hall–Kier alpha value is -1.89. The first-order valence-electron chi connectivity index (χ1n) is 8.27. The van der Waals surface area contributed by atoms with Gasteiger partial charge < -0.3 is 15.0 Å². The molecule has 1 aliphatic rings. The van der Waals surface area contributed by atoms with Crippen LogP contribution in [0.25, 0.3) is 0 Å². The van der Waals surface area contributed by atoms with Gasteiger partial charge in [-0.15, -0.1) is 11.3 Å². The number of nitrogens with zero attached hydrogens (tertiary/aromatic N) is 1. The minimum absolute atomic E-state index is 0.0782. The quantitative estimate of drug-likeness (QED) is 0.826. The minimum Gasteiger partial charge on any atom is -0.462 e. The van der Waals surface area contributed by atoms with Gasteiger partial charge in [0.15, 0.2) is 0 Å². The summed E-state index contributed by atoms with van der Waals surface area (Å²) in [5, 5.41) is 3.16. The Kier molecular flexibility index (Phi) is 5.99. The van der Waals surface area contributed by atoms with E-state index in [-0.39, 0.29) is 24.3 Å². The molecule has 0 spiro atoms. The number of carbonyl (C=O) groups excluding carboxylic acids is 3. The van der Waals surface area contributed by atoms with Gasteiger partial charge in [-0.1, -0.05) is 13.8 Å². The van der Waals surface area contributed by atoms with E-state index >= 15 is 0 Å². The van der Waals surface area contributed by atoms with E-state index in [9.17, 15) is 14.4 Å². The zero-order valence-corrected chi connectivity index (χ0v) is 15.4. The molecule has 0 atom stereocenters. The van der Waals surface area contributed by atoms with Crippen molar-refractivity contribution in [3.63, 3.8) is 0 Å². The van der Waals surface area contributed by atoms with Crippen LogP contribution in [-0.4, -0.2) is 42.4 Å². The Balaban J connectivity index is 2.40. The number of likely N-dealkylation sites (tertiary alicyclic amines) is 1. The summed E-state index contributed by atoms with van der Waals surface area (Å²) in [4.78, 5) is 39.3. The highest BCUT2D eigenvalue weighted by Crippen LogP contribution is 2.35. The summed E-state index contributed by atoms with van der Waals surface area (Å²) in [6, 6.07) is 0. The molecule has 0 aromatic carbocycles. The molecule has 132 valence electrons. The fourth-order valence-electron chi connectivity index (χ4n) is 2.57. The normalized spacial score (nSPS) is 14.1. The molecular weight excluding hydrogens is 328 g/mol. The fraction of sp³-hybridized carbons (Fsp3) is 0.588. The van der Waals surface area contributed by atoms with E-state index in [1.54, 1.807) is 32.6 Å². The van der Waals surface area contributed by atoms with Crippen LogP contribution in [0, 0.1) is 12.8 Å². The van der Waals surface area contributed by atoms with E-state index < -0.39 is 5.97 Å². The number of ether oxygens (including phenoxy) is 1. The Morgan fingerprint density at radius 1 is 1.25 bits per heavy atom. The van der Waals surface area contributed by atoms with Crippen molar-refractivity contribution >= 4 is 34.1 Å². The van der Waals surface area contributed by atoms with Crippen molar-refractivity contribution < 1.29 is 19.1 Å². The summed E-state index contributed by atoms with van der Waals surface area (Å²) < 4.78 is 5.10. The van der Waals surface area contributed by atoms with E-state index in [0.717, 1.165) is 37.3 Å². The van der Waals surface area contributed by atoms with E-state index in [1.807, 2.05) is 0 Å². The molecule has 1 fully saturated rings. The lowest BCUT2D eigenvalue weighted by molar-refractivity contribution is -0.118. The molecule has 0 unspecified atom stereocenters. The van der Waals surface area contributed by atoms with E-state index in [1.165, 1.54) is 0 Å². The second kappa shape index (κ2) is 7.79. The third kappa shape index (κ3) is 3.77. The van der Waals surface area contributed by atoms with Gasteiger partial charge in [0.05, 0.1) is 17.0 Å². The fourth-order valence-corrected chi connectivity index (χ4v) is 3.74. The number of thiophene rings is 1. The van der Waals surface area contributed by atoms with Crippen LogP contribution in [0.2, 0.25) is 0 Å². The molecule has 0 bridgehead atoms. The van der Waals surface area contributed by atoms with E-state index in [0.29, 0.717) is 21.0 Å². The smallest absolute Gasteiger partial charge is 0.341 e. The van der Waals surface area contributed by atoms with Crippen LogP contribution in [0.15, 0.2) is 0 Å². The highest BCUT2D eigenvalue weighted by Gasteiger charge is 2.30. The van der Waals surface area contributed by atoms with Gasteiger partial charge in [0.25, 0.3) is 5.91 Å². The molecule has 2 rings (SSSR count). The van der Waals surface area contributed by atoms with Crippen LogP contribution in [0.5, 0.6) is 0 Å². The predicted molar refractivity (Wildman–Crippen MR) is 93.6 cm³/mol. The number of hydrogen-bond acceptors (Lipinski definition) is 5. The monoisotopic (exact) mass is 352 g/mol. The Labute approximate surface area is 146 Å². The molecule has 1 aromatic heterocycles. The van der Waals surface area contributed by atoms with Crippen LogP contribution in [-0.2, 0) is 9.53 Å². The first-order chi connectivity index (χ1) is 11.4. The van der Waals surface area contributed by atoms with Gasteiger partial charge in [0, 0.05) is 19.0 Å². The van der Waals surface area contributed by atoms with Gasteiger partial charge in [-0.3, -0.25) is 9.59 Å². The molecule has 7 heteroatoms. The molecule has 0 radical (unpaired) electrons. The third-order valence-electron chi connectivity index (χ3n) is 3.97. The SMILES string of the molecule is CCOC(=O)c1c(NC(=O)C(C)C)sc(C(=O)N2CCCC2)c1C. The maximum Gasteiger partial charge on any atom is 0.341 e. The largest absolute Gasteiger partial charge is 0.462 e. The molecule has 2 heterocycles. The van der Waals surface area contributed by atoms with Gasteiger partial charge in [-0.25, -0.2) is 4.79 Å². The molecule has 0 aliphatic carbocycles. The van der Waals surface area contributed by atoms with E-state index in [4.69, 9.17) is 4.74 Å². The first-order valence-corrected chi connectivity index (χ1v) is 9.09. The summed E-state index contributed by atoms with van der Waals surface area (Å²) in [5.74, 6) is -1.00. The zero-order chi connectivity index (χ0) is 17.9. The van der Waals surface area contributed by atoms with Crippen molar-refractivity contribution in [2.75, 3.05) is 25.0 Å². The molecule has 1 saturated heterocycles. The number of amides is 2. The molecule has 1 aliphatic heterocycles. The average Bonchev–Trinajstić information content (AvgIpc) is 3.15. The number of carbonyl (C=O) groups is 3. The van der Waals surface area contributed by atoms with Crippen LogP contribution >= 0.6 is 11.3 Å². The Bertz CT molecular complexity index is 645. The van der Waals surface area contributed by atoms with Crippen LogP contribution < -0.4 is 5.32 Å². The van der Waals surface area contributed by atoms with Crippen LogP contribution in [0.4, 0.5) is 5.00 Å². The molecule has 0 saturated carbocycles. The second-order valence-electron chi connectivity index (χ2n) is 6.12. The van der Waals surface area contributed by atoms with Crippen LogP contribution in [0.3, 0.4) is 0 Å². The molecule has 1 aromatic rings. The standard InChI is InChI=1S/C17H24N2O4S/c1-5-23-17(22)12-11(4)13(16(21)19-8-6-7-9-19)24-15(12)18-14(20)10(2)3/h10H,5-9H2,1-4H3,(H,18,20). The summed E-state index contributed by atoms with van der Waals surface area (Å²) in [6.07, 6.45) is 2.00. The van der Waals surface area contributed by atoms with Gasteiger partial charge in [0.1, 0.15) is 5.00 Å². The second-order valence-corrected chi connectivity index (χ2v) is 7.14. The highest BCUT2D eigenvalue weighted by atomic mass is 32.1. The summed E-state index contributed by atoms with van der Waals surface area (Å²) >= 11 is 1.16. The lowest BCUT2D eigenvalue weighted by atomic mass is 10.1. The number of nitrogens with one attached hydrogen (secondary N) is 1. The van der Waals surface area contributed by atoms with Crippen molar-refractivity contribution in [1.82, 2.24) is 4.90 Å². The maximum absolute atomic E-state index is 12.7. The minimum atomic E-state index is -0.509. The Morgan fingerprint density at radius 3 is 2.42 bits per heavy atom. The highest BCUT2D eigenvalue weighted by molar-refractivity contribution is 7.18. The molecule has 6 nitrogen and oxygen atoms in total. The third-order valence-corrected chi connectivity index (χ3v) is 5.17. The topological polar surface area (TPSA) is 75.7 Å². The van der Waals surface area contributed by atoms with Crippen molar-refractivity contribution in [1.29, 1.82) is 0 Å². The lowest BCUT2D eigenvalue weighted by Gasteiger charge is -2.14. The number of esters is 1. The number of rotatable bonds is 5. The molecule has 1 N–H and O–H groups in total. The van der Waals surface area contributed by atoms with Gasteiger partial charge in [-0.05, 0) is 32.3 Å². The predicted octanol–water partition coefficient (Wildman–Crippen LogP) is 3.06. The van der Waals surface area contributed by atoms with Crippen molar-refractivity contribution in [2.24, 2.45) is 5.92 Å². The number of hydrogen-bond donors (Lipinski definition) is 1. The molecule has 2 amide bonds. The summed E-state index contributed by atoms with van der Waals surface area (Å²) in [6.45, 7) is 8.71. The molecule has 24 heavy (non-hydrogen) atoms. The van der Waals surface area contributed by atoms with Crippen molar-refractivity contribution in [2.45, 2.75) is 40.5 Å². The zero-order valence-electron chi connectivity index (χ0n) is 14.6. The van der Waals surface area contributed by atoms with E-state index in [2.05, 4.69) is 5.32 Å². The summed E-state index contributed by atoms with van der Waals surface area (Å²) in [5.41, 5.74) is 0.868. The van der Waals surface area contributed by atoms with Crippen molar-refractivity contribution in [3.05, 3.63) is 16.0 Å². The Morgan fingerprint density at radius 2 is 1.88 bits per heavy atom.